The third kappa shape index (κ3) is 4.83. The van der Waals surface area contributed by atoms with E-state index >= 15 is 0 Å². The van der Waals surface area contributed by atoms with E-state index in [1.807, 2.05) is 26.0 Å². The lowest BCUT2D eigenvalue weighted by atomic mass is 10.2. The molecule has 1 heterocycles. The predicted molar refractivity (Wildman–Crippen MR) is 70.5 cm³/mol. The average Bonchev–Trinajstić information content (AvgIpc) is 2.27. The van der Waals surface area contributed by atoms with Gasteiger partial charge in [0.2, 0.25) is 0 Å². The van der Waals surface area contributed by atoms with Crippen LogP contribution in [0.2, 0.25) is 0 Å². The number of aryl methyl sites for hydroxylation is 1. The van der Waals surface area contributed by atoms with E-state index in [2.05, 4.69) is 4.98 Å². The first kappa shape index (κ1) is 14.1. The molecule has 2 N–H and O–H groups in total. The van der Waals surface area contributed by atoms with Crippen LogP contribution in [0.3, 0.4) is 0 Å². The summed E-state index contributed by atoms with van der Waals surface area (Å²) in [5, 5.41) is 0. The standard InChI is InChI=1S/C12H20N2O2S/c1-9(6-13)7-17(15)8-11-5-12(16-3)4-10(2)14-11/h4-5,9H,6-8,13H2,1-3H3. The number of methoxy groups -OCH3 is 1. The van der Waals surface area contributed by atoms with Crippen molar-refractivity contribution in [2.75, 3.05) is 19.4 Å². The van der Waals surface area contributed by atoms with Gasteiger partial charge in [0, 0.05) is 34.4 Å². The Kier molecular flexibility index (Phi) is 5.58. The lowest BCUT2D eigenvalue weighted by Crippen LogP contribution is -2.18. The fourth-order valence-corrected chi connectivity index (χ4v) is 2.87. The summed E-state index contributed by atoms with van der Waals surface area (Å²) in [5.74, 6) is 2.12. The Morgan fingerprint density at radius 1 is 1.53 bits per heavy atom. The summed E-state index contributed by atoms with van der Waals surface area (Å²) >= 11 is 0. The molecule has 2 atom stereocenters. The van der Waals surface area contributed by atoms with Gasteiger partial charge in [-0.1, -0.05) is 6.92 Å². The molecule has 5 heteroatoms. The summed E-state index contributed by atoms with van der Waals surface area (Å²) in [6.45, 7) is 4.47. The molecule has 0 radical (unpaired) electrons. The highest BCUT2D eigenvalue weighted by atomic mass is 32.2. The molecule has 1 aromatic rings. The molecule has 1 rings (SSSR count). The van der Waals surface area contributed by atoms with Crippen molar-refractivity contribution in [3.8, 4) is 5.75 Å². The van der Waals surface area contributed by atoms with E-state index in [0.29, 0.717) is 18.1 Å². The molecular weight excluding hydrogens is 236 g/mol. The third-order valence-electron chi connectivity index (χ3n) is 2.40. The van der Waals surface area contributed by atoms with E-state index < -0.39 is 10.8 Å². The summed E-state index contributed by atoms with van der Waals surface area (Å²) in [4.78, 5) is 4.35. The Bertz CT molecular complexity index is 396. The van der Waals surface area contributed by atoms with E-state index in [0.717, 1.165) is 17.1 Å². The molecular formula is C12H20N2O2S. The van der Waals surface area contributed by atoms with Gasteiger partial charge in [0.15, 0.2) is 0 Å². The van der Waals surface area contributed by atoms with Gasteiger partial charge in [-0.3, -0.25) is 9.19 Å². The van der Waals surface area contributed by atoms with Crippen LogP contribution in [-0.4, -0.2) is 28.6 Å². The van der Waals surface area contributed by atoms with Gasteiger partial charge in [-0.15, -0.1) is 0 Å². The van der Waals surface area contributed by atoms with Gasteiger partial charge in [0.25, 0.3) is 0 Å². The van der Waals surface area contributed by atoms with E-state index in [1.165, 1.54) is 0 Å². The van der Waals surface area contributed by atoms with Crippen molar-refractivity contribution in [3.05, 3.63) is 23.5 Å². The number of ether oxygens (including phenoxy) is 1. The van der Waals surface area contributed by atoms with Crippen molar-refractivity contribution < 1.29 is 8.95 Å². The van der Waals surface area contributed by atoms with Crippen molar-refractivity contribution in [1.82, 2.24) is 4.98 Å². The molecule has 0 saturated heterocycles. The monoisotopic (exact) mass is 256 g/mol. The molecule has 0 saturated carbocycles. The molecule has 96 valence electrons. The van der Waals surface area contributed by atoms with Crippen molar-refractivity contribution >= 4 is 10.8 Å². The van der Waals surface area contributed by atoms with Crippen LogP contribution in [0.15, 0.2) is 12.1 Å². The highest BCUT2D eigenvalue weighted by Gasteiger charge is 2.09. The Morgan fingerprint density at radius 2 is 2.24 bits per heavy atom. The van der Waals surface area contributed by atoms with Gasteiger partial charge in [0.05, 0.1) is 18.6 Å². The van der Waals surface area contributed by atoms with E-state index in [4.69, 9.17) is 10.5 Å². The SMILES string of the molecule is COc1cc(C)nc(CS(=O)CC(C)CN)c1. The Hall–Kier alpha value is -0.940. The molecule has 0 aliphatic heterocycles. The molecule has 17 heavy (non-hydrogen) atoms. The van der Waals surface area contributed by atoms with Crippen LogP contribution in [0.5, 0.6) is 5.75 Å². The summed E-state index contributed by atoms with van der Waals surface area (Å²) in [6, 6.07) is 3.69. The molecule has 0 amide bonds. The van der Waals surface area contributed by atoms with Crippen LogP contribution in [0, 0.1) is 12.8 Å². The van der Waals surface area contributed by atoms with Crippen LogP contribution in [0.25, 0.3) is 0 Å². The van der Waals surface area contributed by atoms with E-state index in [-0.39, 0.29) is 5.92 Å². The second-order valence-corrected chi connectivity index (χ2v) is 5.73. The number of nitrogens with two attached hydrogens (primary N) is 1. The number of aromatic nitrogens is 1. The maximum absolute atomic E-state index is 11.9. The second-order valence-electron chi connectivity index (χ2n) is 4.23. The van der Waals surface area contributed by atoms with E-state index in [9.17, 15) is 4.21 Å². The third-order valence-corrected chi connectivity index (χ3v) is 3.96. The molecule has 0 aliphatic carbocycles. The van der Waals surface area contributed by atoms with Crippen molar-refractivity contribution in [1.29, 1.82) is 0 Å². The average molecular weight is 256 g/mol. The second kappa shape index (κ2) is 6.71. The largest absolute Gasteiger partial charge is 0.497 e. The highest BCUT2D eigenvalue weighted by molar-refractivity contribution is 7.84. The van der Waals surface area contributed by atoms with Crippen LogP contribution in [0.1, 0.15) is 18.3 Å². The summed E-state index contributed by atoms with van der Waals surface area (Å²) in [6.07, 6.45) is 0. The Morgan fingerprint density at radius 3 is 2.82 bits per heavy atom. The van der Waals surface area contributed by atoms with Gasteiger partial charge < -0.3 is 10.5 Å². The molecule has 0 bridgehead atoms. The maximum atomic E-state index is 11.9. The first-order valence-electron chi connectivity index (χ1n) is 5.61. The Balaban J connectivity index is 2.67. The fraction of sp³-hybridized carbons (Fsp3) is 0.583. The lowest BCUT2D eigenvalue weighted by Gasteiger charge is -2.09. The first-order chi connectivity index (χ1) is 8.05. The quantitative estimate of drug-likeness (QED) is 0.831. The minimum absolute atomic E-state index is 0.280. The normalized spacial score (nSPS) is 14.4. The van der Waals surface area contributed by atoms with Crippen LogP contribution >= 0.6 is 0 Å². The van der Waals surface area contributed by atoms with Gasteiger partial charge in [-0.2, -0.15) is 0 Å². The first-order valence-corrected chi connectivity index (χ1v) is 7.10. The van der Waals surface area contributed by atoms with Crippen LogP contribution in [0.4, 0.5) is 0 Å². The van der Waals surface area contributed by atoms with Crippen molar-refractivity contribution in [2.24, 2.45) is 11.7 Å². The lowest BCUT2D eigenvalue weighted by molar-refractivity contribution is 0.413. The maximum Gasteiger partial charge on any atom is 0.122 e. The van der Waals surface area contributed by atoms with Crippen LogP contribution in [-0.2, 0) is 16.6 Å². The zero-order valence-corrected chi connectivity index (χ0v) is 11.4. The molecule has 0 fully saturated rings. The number of hydrogen-bond acceptors (Lipinski definition) is 4. The number of pyridine rings is 1. The molecule has 1 aromatic heterocycles. The van der Waals surface area contributed by atoms with Crippen molar-refractivity contribution in [3.63, 3.8) is 0 Å². The number of nitrogens with zero attached hydrogens (tertiary/aromatic N) is 1. The van der Waals surface area contributed by atoms with Gasteiger partial charge >= 0.3 is 0 Å². The molecule has 0 aromatic carbocycles. The zero-order valence-electron chi connectivity index (χ0n) is 10.6. The minimum Gasteiger partial charge on any atom is -0.497 e. The van der Waals surface area contributed by atoms with E-state index in [1.54, 1.807) is 7.11 Å². The summed E-state index contributed by atoms with van der Waals surface area (Å²) in [5.41, 5.74) is 7.20. The van der Waals surface area contributed by atoms with Crippen LogP contribution < -0.4 is 10.5 Å². The summed E-state index contributed by atoms with van der Waals surface area (Å²) in [7, 11) is 0.700. The summed E-state index contributed by atoms with van der Waals surface area (Å²) < 4.78 is 17.0. The fourth-order valence-electron chi connectivity index (χ4n) is 1.50. The van der Waals surface area contributed by atoms with Gasteiger partial charge in [-0.05, 0) is 19.4 Å². The zero-order chi connectivity index (χ0) is 12.8. The minimum atomic E-state index is -0.918. The van der Waals surface area contributed by atoms with Crippen molar-refractivity contribution in [2.45, 2.75) is 19.6 Å². The van der Waals surface area contributed by atoms with Gasteiger partial charge in [0.1, 0.15) is 5.75 Å². The molecule has 0 spiro atoms. The number of rotatable bonds is 6. The predicted octanol–water partition coefficient (Wildman–Crippen LogP) is 1.24. The number of hydrogen-bond donors (Lipinski definition) is 1. The molecule has 2 unspecified atom stereocenters. The molecule has 0 aliphatic rings. The smallest absolute Gasteiger partial charge is 0.122 e. The Labute approximate surface area is 105 Å². The molecule has 4 nitrogen and oxygen atoms in total. The van der Waals surface area contributed by atoms with Gasteiger partial charge in [-0.25, -0.2) is 0 Å². The topological polar surface area (TPSA) is 65.2 Å². The highest BCUT2D eigenvalue weighted by Crippen LogP contribution is 2.15.